The minimum Gasteiger partial charge on any atom is -0.301 e. The molecule has 1 saturated heterocycles. The third-order valence-electron chi connectivity index (χ3n) is 5.00. The second kappa shape index (κ2) is 7.41. The Morgan fingerprint density at radius 2 is 1.41 bits per heavy atom. The van der Waals surface area contributed by atoms with Gasteiger partial charge in [0.1, 0.15) is 0 Å². The summed E-state index contributed by atoms with van der Waals surface area (Å²) in [4.78, 5) is 2.70. The molecule has 1 fully saturated rings. The van der Waals surface area contributed by atoms with Gasteiger partial charge in [0.15, 0.2) is 0 Å². The summed E-state index contributed by atoms with van der Waals surface area (Å²) in [6, 6.07) is 0.803. The lowest BCUT2D eigenvalue weighted by Gasteiger charge is -2.33. The number of likely N-dealkylation sites (tertiary alicyclic amines) is 1. The van der Waals surface area contributed by atoms with Crippen LogP contribution >= 0.6 is 0 Å². The highest BCUT2D eigenvalue weighted by Gasteiger charge is 2.20. The van der Waals surface area contributed by atoms with Gasteiger partial charge in [-0.2, -0.15) is 0 Å². The Morgan fingerprint density at radius 1 is 0.824 bits per heavy atom. The van der Waals surface area contributed by atoms with Crippen LogP contribution in [0.1, 0.15) is 66.7 Å². The Morgan fingerprint density at radius 3 is 1.94 bits per heavy atom. The molecule has 3 unspecified atom stereocenters. The largest absolute Gasteiger partial charge is 0.301 e. The van der Waals surface area contributed by atoms with E-state index in [4.69, 9.17) is 0 Å². The van der Waals surface area contributed by atoms with E-state index in [1.54, 1.807) is 0 Å². The lowest BCUT2D eigenvalue weighted by Crippen LogP contribution is -2.37. The molecule has 3 atom stereocenters. The fraction of sp³-hybridized carbons (Fsp3) is 1.00. The van der Waals surface area contributed by atoms with Crippen molar-refractivity contribution in [3.63, 3.8) is 0 Å². The Kier molecular flexibility index (Phi) is 6.54. The summed E-state index contributed by atoms with van der Waals surface area (Å²) in [6.07, 6.45) is 7.07. The lowest BCUT2D eigenvalue weighted by atomic mass is 9.83. The molecule has 0 aromatic carbocycles. The van der Waals surface area contributed by atoms with Crippen molar-refractivity contribution in [2.24, 2.45) is 17.8 Å². The molecule has 1 nitrogen and oxygen atoms in total. The molecule has 0 aliphatic carbocycles. The molecule has 0 aromatic heterocycles. The third-order valence-corrected chi connectivity index (χ3v) is 5.00. The predicted octanol–water partition coefficient (Wildman–Crippen LogP) is 4.57. The van der Waals surface area contributed by atoms with Gasteiger partial charge in [-0.25, -0.2) is 0 Å². The molecule has 0 saturated carbocycles. The van der Waals surface area contributed by atoms with Crippen LogP contribution in [0, 0.1) is 17.8 Å². The summed E-state index contributed by atoms with van der Waals surface area (Å²) < 4.78 is 0. The fourth-order valence-corrected chi connectivity index (χ4v) is 2.97. The summed E-state index contributed by atoms with van der Waals surface area (Å²) in [7, 11) is 0. The first kappa shape index (κ1) is 15.0. The average molecular weight is 239 g/mol. The van der Waals surface area contributed by atoms with Crippen molar-refractivity contribution in [3.8, 4) is 0 Å². The molecule has 17 heavy (non-hydrogen) atoms. The molecular formula is C16H33N. The van der Waals surface area contributed by atoms with E-state index in [-0.39, 0.29) is 0 Å². The van der Waals surface area contributed by atoms with Gasteiger partial charge in [-0.15, -0.1) is 0 Å². The highest BCUT2D eigenvalue weighted by atomic mass is 15.1. The molecule has 1 heterocycles. The van der Waals surface area contributed by atoms with Gasteiger partial charge in [-0.3, -0.25) is 0 Å². The van der Waals surface area contributed by atoms with E-state index < -0.39 is 0 Å². The summed E-state index contributed by atoms with van der Waals surface area (Å²) in [5, 5.41) is 0. The highest BCUT2D eigenvalue weighted by Crippen LogP contribution is 2.25. The van der Waals surface area contributed by atoms with Crippen molar-refractivity contribution >= 4 is 0 Å². The molecule has 0 radical (unpaired) electrons. The number of hydrogen-bond acceptors (Lipinski definition) is 1. The predicted molar refractivity (Wildman–Crippen MR) is 77.3 cm³/mol. The van der Waals surface area contributed by atoms with Gasteiger partial charge in [-0.05, 0) is 63.5 Å². The number of rotatable bonds is 6. The summed E-state index contributed by atoms with van der Waals surface area (Å²) >= 11 is 0. The first-order chi connectivity index (χ1) is 8.02. The molecule has 1 aliphatic rings. The topological polar surface area (TPSA) is 3.24 Å². The molecule has 0 amide bonds. The van der Waals surface area contributed by atoms with E-state index in [0.29, 0.717) is 0 Å². The quantitative estimate of drug-likeness (QED) is 0.656. The van der Waals surface area contributed by atoms with Crippen LogP contribution in [0.3, 0.4) is 0 Å². The van der Waals surface area contributed by atoms with Gasteiger partial charge in [0, 0.05) is 6.04 Å². The molecule has 1 heteroatoms. The Hall–Kier alpha value is -0.0400. The van der Waals surface area contributed by atoms with Crippen molar-refractivity contribution in [1.82, 2.24) is 4.90 Å². The summed E-state index contributed by atoms with van der Waals surface area (Å²) in [5.41, 5.74) is 0. The molecular weight excluding hydrogens is 206 g/mol. The molecule has 0 spiro atoms. The van der Waals surface area contributed by atoms with Gasteiger partial charge < -0.3 is 4.90 Å². The fourth-order valence-electron chi connectivity index (χ4n) is 2.97. The second-order valence-electron chi connectivity index (χ2n) is 6.60. The maximum Gasteiger partial charge on any atom is 0.00670 e. The molecule has 1 aliphatic heterocycles. The van der Waals surface area contributed by atoms with E-state index in [2.05, 4.69) is 39.5 Å². The van der Waals surface area contributed by atoms with Gasteiger partial charge in [0.25, 0.3) is 0 Å². The summed E-state index contributed by atoms with van der Waals surface area (Å²) in [6.45, 7) is 14.7. The molecule has 0 N–H and O–H groups in total. The molecule has 102 valence electrons. The van der Waals surface area contributed by atoms with E-state index in [9.17, 15) is 0 Å². The van der Waals surface area contributed by atoms with Crippen molar-refractivity contribution in [2.45, 2.75) is 72.8 Å². The standard InChI is InChI=1S/C16H33N/c1-13(2)16(5)14(3)9-10-15(4)17-11-7-6-8-12-17/h13-16H,6-12H2,1-5H3. The van der Waals surface area contributed by atoms with E-state index >= 15 is 0 Å². The minimum absolute atomic E-state index is 0.803. The van der Waals surface area contributed by atoms with Gasteiger partial charge >= 0.3 is 0 Å². The normalized spacial score (nSPS) is 23.6. The van der Waals surface area contributed by atoms with Gasteiger partial charge in [0.2, 0.25) is 0 Å². The number of hydrogen-bond donors (Lipinski definition) is 0. The van der Waals surface area contributed by atoms with E-state index in [1.165, 1.54) is 45.2 Å². The zero-order valence-electron chi connectivity index (χ0n) is 12.7. The van der Waals surface area contributed by atoms with Gasteiger partial charge in [0.05, 0.1) is 0 Å². The molecule has 0 aromatic rings. The van der Waals surface area contributed by atoms with E-state index in [0.717, 1.165) is 23.8 Å². The zero-order chi connectivity index (χ0) is 12.8. The Labute approximate surface area is 109 Å². The van der Waals surface area contributed by atoms with Crippen LogP contribution in [0.5, 0.6) is 0 Å². The monoisotopic (exact) mass is 239 g/mol. The van der Waals surface area contributed by atoms with Crippen LogP contribution in [0.2, 0.25) is 0 Å². The molecule has 1 rings (SSSR count). The van der Waals surface area contributed by atoms with Crippen LogP contribution in [0.15, 0.2) is 0 Å². The zero-order valence-corrected chi connectivity index (χ0v) is 12.7. The smallest absolute Gasteiger partial charge is 0.00670 e. The second-order valence-corrected chi connectivity index (χ2v) is 6.60. The maximum atomic E-state index is 2.70. The molecule has 0 bridgehead atoms. The number of piperidine rings is 1. The number of nitrogens with zero attached hydrogens (tertiary/aromatic N) is 1. The van der Waals surface area contributed by atoms with Crippen molar-refractivity contribution in [1.29, 1.82) is 0 Å². The van der Waals surface area contributed by atoms with Crippen molar-refractivity contribution in [2.75, 3.05) is 13.1 Å². The van der Waals surface area contributed by atoms with Crippen LogP contribution in [0.25, 0.3) is 0 Å². The Balaban J connectivity index is 2.24. The lowest BCUT2D eigenvalue weighted by molar-refractivity contribution is 0.153. The minimum atomic E-state index is 0.803. The van der Waals surface area contributed by atoms with Crippen molar-refractivity contribution < 1.29 is 0 Å². The van der Waals surface area contributed by atoms with Crippen LogP contribution in [0.4, 0.5) is 0 Å². The summed E-state index contributed by atoms with van der Waals surface area (Å²) in [5.74, 6) is 2.57. The van der Waals surface area contributed by atoms with Crippen LogP contribution in [-0.2, 0) is 0 Å². The first-order valence-corrected chi connectivity index (χ1v) is 7.76. The highest BCUT2D eigenvalue weighted by molar-refractivity contribution is 4.74. The van der Waals surface area contributed by atoms with Gasteiger partial charge in [-0.1, -0.05) is 34.1 Å². The maximum absolute atomic E-state index is 2.70. The third kappa shape index (κ3) is 4.99. The van der Waals surface area contributed by atoms with Crippen LogP contribution < -0.4 is 0 Å². The first-order valence-electron chi connectivity index (χ1n) is 7.76. The Bertz CT molecular complexity index is 194. The average Bonchev–Trinajstić information content (AvgIpc) is 2.35. The van der Waals surface area contributed by atoms with Crippen molar-refractivity contribution in [3.05, 3.63) is 0 Å². The SMILES string of the molecule is CC(C)C(C)C(C)CCC(C)N1CCCCC1. The van der Waals surface area contributed by atoms with Crippen LogP contribution in [-0.4, -0.2) is 24.0 Å². The van der Waals surface area contributed by atoms with E-state index in [1.807, 2.05) is 0 Å².